The number of nitro benzene ring substituents is 1. The van der Waals surface area contributed by atoms with E-state index in [4.69, 9.17) is 9.47 Å². The molecular formula is C13H20N2O4. The molecule has 19 heavy (non-hydrogen) atoms. The van der Waals surface area contributed by atoms with Crippen LogP contribution in [0, 0.1) is 10.1 Å². The minimum absolute atomic E-state index is 0.0000852. The fraction of sp³-hybridized carbons (Fsp3) is 0.538. The smallest absolute Gasteiger partial charge is 0.273 e. The van der Waals surface area contributed by atoms with Crippen molar-refractivity contribution in [1.29, 1.82) is 0 Å². The van der Waals surface area contributed by atoms with E-state index in [2.05, 4.69) is 12.2 Å². The van der Waals surface area contributed by atoms with Crippen molar-refractivity contribution in [1.82, 2.24) is 5.32 Å². The van der Waals surface area contributed by atoms with E-state index in [1.165, 1.54) is 19.2 Å². The monoisotopic (exact) mass is 268 g/mol. The molecule has 0 saturated heterocycles. The van der Waals surface area contributed by atoms with Gasteiger partial charge in [-0.15, -0.1) is 0 Å². The summed E-state index contributed by atoms with van der Waals surface area (Å²) in [7, 11) is 1.51. The molecule has 0 spiro atoms. The van der Waals surface area contributed by atoms with Crippen molar-refractivity contribution < 1.29 is 14.4 Å². The number of nitrogens with one attached hydrogen (secondary N) is 1. The van der Waals surface area contributed by atoms with Crippen LogP contribution < -0.4 is 14.8 Å². The summed E-state index contributed by atoms with van der Waals surface area (Å²) in [6.45, 7) is 4.46. The van der Waals surface area contributed by atoms with Gasteiger partial charge in [0.1, 0.15) is 0 Å². The minimum atomic E-state index is -0.449. The third-order valence-corrected chi connectivity index (χ3v) is 2.54. The number of hydrogen-bond donors (Lipinski definition) is 1. The van der Waals surface area contributed by atoms with Crippen LogP contribution in [0.1, 0.15) is 19.8 Å². The molecule has 6 nitrogen and oxygen atoms in total. The third-order valence-electron chi connectivity index (χ3n) is 2.54. The van der Waals surface area contributed by atoms with Crippen LogP contribution in [-0.2, 0) is 0 Å². The Bertz CT molecular complexity index is 410. The Morgan fingerprint density at radius 1 is 1.32 bits per heavy atom. The molecule has 0 unspecified atom stereocenters. The van der Waals surface area contributed by atoms with Gasteiger partial charge in [0, 0.05) is 6.07 Å². The van der Waals surface area contributed by atoms with Gasteiger partial charge in [-0.05, 0) is 32.0 Å². The number of methoxy groups -OCH3 is 1. The third kappa shape index (κ3) is 5.13. The fourth-order valence-electron chi connectivity index (χ4n) is 1.57. The predicted octanol–water partition coefficient (Wildman–Crippen LogP) is 2.37. The highest BCUT2D eigenvalue weighted by atomic mass is 16.6. The van der Waals surface area contributed by atoms with Gasteiger partial charge in [-0.3, -0.25) is 10.1 Å². The number of nitrogens with zero attached hydrogens (tertiary/aromatic N) is 1. The van der Waals surface area contributed by atoms with E-state index in [-0.39, 0.29) is 5.69 Å². The summed E-state index contributed by atoms with van der Waals surface area (Å²) < 4.78 is 10.6. The Morgan fingerprint density at radius 3 is 2.74 bits per heavy atom. The van der Waals surface area contributed by atoms with Crippen LogP contribution in [0.5, 0.6) is 11.5 Å². The van der Waals surface area contributed by atoms with E-state index >= 15 is 0 Å². The molecule has 0 radical (unpaired) electrons. The van der Waals surface area contributed by atoms with Gasteiger partial charge in [0.2, 0.25) is 0 Å². The Kier molecular flexibility index (Phi) is 6.67. The fourth-order valence-corrected chi connectivity index (χ4v) is 1.57. The SMILES string of the molecule is CCCNCCCOc1cc([N+](=O)[O-])ccc1OC. The molecule has 0 atom stereocenters. The molecule has 0 aliphatic heterocycles. The molecule has 0 aromatic heterocycles. The average Bonchev–Trinajstić information content (AvgIpc) is 2.42. The maximum absolute atomic E-state index is 10.7. The summed E-state index contributed by atoms with van der Waals surface area (Å²) in [6, 6.07) is 4.33. The zero-order chi connectivity index (χ0) is 14.1. The molecule has 1 rings (SSSR count). The van der Waals surface area contributed by atoms with Gasteiger partial charge in [0.05, 0.1) is 24.7 Å². The first-order chi connectivity index (χ1) is 9.19. The van der Waals surface area contributed by atoms with Crippen LogP contribution in [0.3, 0.4) is 0 Å². The lowest BCUT2D eigenvalue weighted by atomic mass is 10.3. The van der Waals surface area contributed by atoms with E-state index in [0.717, 1.165) is 25.9 Å². The molecule has 6 heteroatoms. The second-order valence-electron chi connectivity index (χ2n) is 4.04. The lowest BCUT2D eigenvalue weighted by Gasteiger charge is -2.10. The minimum Gasteiger partial charge on any atom is -0.493 e. The molecule has 0 bridgehead atoms. The Hall–Kier alpha value is -1.82. The molecule has 0 fully saturated rings. The zero-order valence-corrected chi connectivity index (χ0v) is 11.3. The lowest BCUT2D eigenvalue weighted by Crippen LogP contribution is -2.18. The van der Waals surface area contributed by atoms with Crippen molar-refractivity contribution in [2.45, 2.75) is 19.8 Å². The van der Waals surface area contributed by atoms with Crippen LogP contribution in [0.4, 0.5) is 5.69 Å². The molecule has 0 saturated carbocycles. The summed E-state index contributed by atoms with van der Waals surface area (Å²) in [4.78, 5) is 10.3. The average molecular weight is 268 g/mol. The van der Waals surface area contributed by atoms with Crippen molar-refractivity contribution >= 4 is 5.69 Å². The van der Waals surface area contributed by atoms with Gasteiger partial charge in [-0.25, -0.2) is 0 Å². The highest BCUT2D eigenvalue weighted by molar-refractivity contribution is 5.48. The summed E-state index contributed by atoms with van der Waals surface area (Å²) in [5.41, 5.74) is -0.0000852. The van der Waals surface area contributed by atoms with Crippen molar-refractivity contribution in [3.8, 4) is 11.5 Å². The van der Waals surface area contributed by atoms with Crippen molar-refractivity contribution in [3.63, 3.8) is 0 Å². The second kappa shape index (κ2) is 8.31. The van der Waals surface area contributed by atoms with Crippen molar-refractivity contribution in [3.05, 3.63) is 28.3 Å². The number of ether oxygens (including phenoxy) is 2. The van der Waals surface area contributed by atoms with Gasteiger partial charge >= 0.3 is 0 Å². The first-order valence-electron chi connectivity index (χ1n) is 6.35. The van der Waals surface area contributed by atoms with Crippen LogP contribution in [0.2, 0.25) is 0 Å². The van der Waals surface area contributed by atoms with Gasteiger partial charge in [0.25, 0.3) is 5.69 Å². The molecule has 1 aromatic rings. The lowest BCUT2D eigenvalue weighted by molar-refractivity contribution is -0.385. The second-order valence-corrected chi connectivity index (χ2v) is 4.04. The number of non-ortho nitro benzene ring substituents is 1. The van der Waals surface area contributed by atoms with Gasteiger partial charge < -0.3 is 14.8 Å². The predicted molar refractivity (Wildman–Crippen MR) is 72.9 cm³/mol. The highest BCUT2D eigenvalue weighted by Crippen LogP contribution is 2.31. The van der Waals surface area contributed by atoms with Crippen LogP contribution in [-0.4, -0.2) is 31.7 Å². The number of rotatable bonds is 9. The largest absolute Gasteiger partial charge is 0.493 e. The Labute approximate surface area is 112 Å². The van der Waals surface area contributed by atoms with Crippen LogP contribution in [0.25, 0.3) is 0 Å². The highest BCUT2D eigenvalue weighted by Gasteiger charge is 2.12. The number of hydrogen-bond acceptors (Lipinski definition) is 5. The number of benzene rings is 1. The van der Waals surface area contributed by atoms with Gasteiger partial charge in [-0.1, -0.05) is 6.92 Å². The van der Waals surface area contributed by atoms with Crippen LogP contribution >= 0.6 is 0 Å². The first kappa shape index (κ1) is 15.2. The van der Waals surface area contributed by atoms with E-state index in [0.29, 0.717) is 18.1 Å². The molecular weight excluding hydrogens is 248 g/mol. The Morgan fingerprint density at radius 2 is 2.11 bits per heavy atom. The van der Waals surface area contributed by atoms with E-state index in [1.807, 2.05) is 0 Å². The van der Waals surface area contributed by atoms with E-state index in [1.54, 1.807) is 6.07 Å². The summed E-state index contributed by atoms with van der Waals surface area (Å²) in [5.74, 6) is 0.916. The van der Waals surface area contributed by atoms with Gasteiger partial charge in [-0.2, -0.15) is 0 Å². The van der Waals surface area contributed by atoms with Crippen LogP contribution in [0.15, 0.2) is 18.2 Å². The van der Waals surface area contributed by atoms with Crippen molar-refractivity contribution in [2.24, 2.45) is 0 Å². The van der Waals surface area contributed by atoms with E-state index in [9.17, 15) is 10.1 Å². The number of nitro groups is 1. The van der Waals surface area contributed by atoms with E-state index < -0.39 is 4.92 Å². The quantitative estimate of drug-likeness (QED) is 0.423. The van der Waals surface area contributed by atoms with Gasteiger partial charge in [0.15, 0.2) is 11.5 Å². The first-order valence-corrected chi connectivity index (χ1v) is 6.35. The maximum Gasteiger partial charge on any atom is 0.273 e. The molecule has 0 amide bonds. The topological polar surface area (TPSA) is 73.6 Å². The molecule has 1 N–H and O–H groups in total. The molecule has 0 aliphatic rings. The zero-order valence-electron chi connectivity index (χ0n) is 11.3. The van der Waals surface area contributed by atoms with Crippen molar-refractivity contribution in [2.75, 3.05) is 26.8 Å². The summed E-state index contributed by atoms with van der Waals surface area (Å²) >= 11 is 0. The molecule has 1 aromatic carbocycles. The normalized spacial score (nSPS) is 10.2. The standard InChI is InChI=1S/C13H20N2O4/c1-3-7-14-8-4-9-19-13-10-11(15(16)17)5-6-12(13)18-2/h5-6,10,14H,3-4,7-9H2,1-2H3. The molecule has 106 valence electrons. The summed E-state index contributed by atoms with van der Waals surface area (Å²) in [6.07, 6.45) is 1.94. The summed E-state index contributed by atoms with van der Waals surface area (Å²) in [5, 5.41) is 14.0. The maximum atomic E-state index is 10.7. The Balaban J connectivity index is 2.50. The molecule has 0 aliphatic carbocycles. The molecule has 0 heterocycles.